The molecule has 0 saturated heterocycles. The molecule has 0 spiro atoms. The van der Waals surface area contributed by atoms with Crippen molar-refractivity contribution in [2.45, 2.75) is 25.8 Å². The lowest BCUT2D eigenvalue weighted by molar-refractivity contribution is 0.615. The molecule has 1 nitrogen and oxygen atoms in total. The molecule has 2 aromatic carbocycles. The van der Waals surface area contributed by atoms with Gasteiger partial charge in [0.15, 0.2) is 0 Å². The van der Waals surface area contributed by atoms with Crippen LogP contribution in [-0.2, 0) is 0 Å². The van der Waals surface area contributed by atoms with Crippen molar-refractivity contribution in [3.63, 3.8) is 0 Å². The van der Waals surface area contributed by atoms with Gasteiger partial charge < -0.3 is 5.32 Å². The van der Waals surface area contributed by atoms with E-state index in [1.54, 1.807) is 6.07 Å². The number of rotatable bonds is 4. The fourth-order valence-electron chi connectivity index (χ4n) is 2.45. The van der Waals surface area contributed by atoms with E-state index in [0.717, 1.165) is 4.47 Å². The summed E-state index contributed by atoms with van der Waals surface area (Å²) in [5.74, 6) is 0.401. The summed E-state index contributed by atoms with van der Waals surface area (Å²) in [7, 11) is 0. The molecule has 1 aliphatic rings. The van der Waals surface area contributed by atoms with Gasteiger partial charge in [-0.25, -0.2) is 4.39 Å². The van der Waals surface area contributed by atoms with E-state index < -0.39 is 0 Å². The molecule has 20 heavy (non-hydrogen) atoms. The minimum absolute atomic E-state index is 0.200. The second-order valence-corrected chi connectivity index (χ2v) is 6.41. The lowest BCUT2D eigenvalue weighted by atomic mass is 10.0. The molecule has 0 heterocycles. The van der Waals surface area contributed by atoms with E-state index in [1.807, 2.05) is 6.07 Å². The van der Waals surface area contributed by atoms with Crippen LogP contribution < -0.4 is 5.32 Å². The third-order valence-electron chi connectivity index (χ3n) is 3.77. The second kappa shape index (κ2) is 5.57. The highest BCUT2D eigenvalue weighted by Crippen LogP contribution is 2.43. The van der Waals surface area contributed by atoms with Crippen molar-refractivity contribution in [2.24, 2.45) is 5.92 Å². The monoisotopic (exact) mass is 333 g/mol. The van der Waals surface area contributed by atoms with E-state index in [0.29, 0.717) is 11.6 Å². The largest absolute Gasteiger partial charge is 0.376 e. The molecule has 2 aromatic rings. The summed E-state index contributed by atoms with van der Waals surface area (Å²) < 4.78 is 14.7. The third kappa shape index (κ3) is 3.04. The van der Waals surface area contributed by atoms with Gasteiger partial charge in [-0.2, -0.15) is 0 Å². The molecule has 1 atom stereocenters. The van der Waals surface area contributed by atoms with Crippen LogP contribution in [0.1, 0.15) is 30.0 Å². The van der Waals surface area contributed by atoms with Crippen molar-refractivity contribution in [2.75, 3.05) is 5.32 Å². The van der Waals surface area contributed by atoms with Crippen LogP contribution in [0.15, 0.2) is 46.9 Å². The highest BCUT2D eigenvalue weighted by atomic mass is 79.9. The van der Waals surface area contributed by atoms with E-state index in [9.17, 15) is 4.39 Å². The van der Waals surface area contributed by atoms with Gasteiger partial charge >= 0.3 is 0 Å². The van der Waals surface area contributed by atoms with E-state index in [-0.39, 0.29) is 11.9 Å². The zero-order valence-electron chi connectivity index (χ0n) is 11.4. The van der Waals surface area contributed by atoms with E-state index >= 15 is 0 Å². The normalized spacial score (nSPS) is 15.9. The molecular weight excluding hydrogens is 317 g/mol. The minimum atomic E-state index is -0.211. The predicted molar refractivity (Wildman–Crippen MR) is 84.4 cm³/mol. The first-order valence-corrected chi connectivity index (χ1v) is 7.71. The Balaban J connectivity index is 1.86. The van der Waals surface area contributed by atoms with Gasteiger partial charge in [0.2, 0.25) is 0 Å². The van der Waals surface area contributed by atoms with Gasteiger partial charge in [0.1, 0.15) is 5.82 Å². The van der Waals surface area contributed by atoms with Gasteiger partial charge in [-0.15, -0.1) is 0 Å². The van der Waals surface area contributed by atoms with Crippen LogP contribution in [0, 0.1) is 18.7 Å². The Morgan fingerprint density at radius 3 is 2.45 bits per heavy atom. The highest BCUT2D eigenvalue weighted by Gasteiger charge is 2.32. The maximum absolute atomic E-state index is 14.0. The van der Waals surface area contributed by atoms with Crippen LogP contribution in [0.2, 0.25) is 0 Å². The molecule has 3 rings (SSSR count). The fraction of sp³-hybridized carbons (Fsp3) is 0.294. The third-order valence-corrected chi connectivity index (χ3v) is 4.27. The van der Waals surface area contributed by atoms with Crippen LogP contribution >= 0.6 is 15.9 Å². The van der Waals surface area contributed by atoms with Crippen molar-refractivity contribution in [1.82, 2.24) is 0 Å². The number of nitrogens with one attached hydrogen (secondary N) is 1. The zero-order valence-corrected chi connectivity index (χ0v) is 13.0. The van der Waals surface area contributed by atoms with E-state index in [1.165, 1.54) is 30.0 Å². The Labute approximate surface area is 127 Å². The molecular formula is C17H17BrFN. The van der Waals surface area contributed by atoms with Gasteiger partial charge in [-0.3, -0.25) is 0 Å². The molecule has 3 heteroatoms. The number of aryl methyl sites for hydroxylation is 1. The predicted octanol–water partition coefficient (Wildman–Crippen LogP) is 5.46. The Bertz CT molecular complexity index is 605. The molecule has 1 fully saturated rings. The number of anilines is 1. The average Bonchev–Trinajstić information content (AvgIpc) is 3.24. The van der Waals surface area contributed by atoms with Gasteiger partial charge in [-0.1, -0.05) is 45.8 Å². The van der Waals surface area contributed by atoms with Gasteiger partial charge in [0.05, 0.1) is 11.7 Å². The van der Waals surface area contributed by atoms with Crippen LogP contribution in [-0.4, -0.2) is 0 Å². The number of hydrogen-bond donors (Lipinski definition) is 1. The van der Waals surface area contributed by atoms with Crippen molar-refractivity contribution >= 4 is 21.6 Å². The summed E-state index contributed by atoms with van der Waals surface area (Å²) in [6.45, 7) is 2.08. The van der Waals surface area contributed by atoms with Crippen LogP contribution in [0.25, 0.3) is 0 Å². The molecule has 1 aliphatic carbocycles. The molecule has 1 N–H and O–H groups in total. The van der Waals surface area contributed by atoms with Crippen molar-refractivity contribution in [1.29, 1.82) is 0 Å². The van der Waals surface area contributed by atoms with Crippen molar-refractivity contribution < 1.29 is 4.39 Å². The molecule has 0 aliphatic heterocycles. The van der Waals surface area contributed by atoms with Gasteiger partial charge in [0, 0.05) is 4.47 Å². The quantitative estimate of drug-likeness (QED) is 0.783. The minimum Gasteiger partial charge on any atom is -0.376 e. The average molecular weight is 334 g/mol. The summed E-state index contributed by atoms with van der Waals surface area (Å²) >= 11 is 3.29. The van der Waals surface area contributed by atoms with Gasteiger partial charge in [-0.05, 0) is 49.4 Å². The Morgan fingerprint density at radius 1 is 1.15 bits per heavy atom. The highest BCUT2D eigenvalue weighted by molar-refractivity contribution is 9.10. The van der Waals surface area contributed by atoms with Crippen LogP contribution in [0.5, 0.6) is 0 Å². The summed E-state index contributed by atoms with van der Waals surface area (Å²) in [6, 6.07) is 13.9. The van der Waals surface area contributed by atoms with Gasteiger partial charge in [0.25, 0.3) is 0 Å². The first-order chi connectivity index (χ1) is 9.63. The lowest BCUT2D eigenvalue weighted by Gasteiger charge is -2.21. The fourth-order valence-corrected chi connectivity index (χ4v) is 2.78. The summed E-state index contributed by atoms with van der Waals surface area (Å²) in [5, 5.41) is 3.38. The first kappa shape index (κ1) is 13.6. The Morgan fingerprint density at radius 2 is 1.85 bits per heavy atom. The molecule has 0 radical (unpaired) electrons. The standard InChI is InChI=1S/C17H17BrFN/c1-11-2-4-12(5-3-11)17(13-6-7-13)20-16-9-8-14(18)10-15(16)19/h2-5,8-10,13,17,20H,6-7H2,1H3. The first-order valence-electron chi connectivity index (χ1n) is 6.91. The molecule has 1 unspecified atom stereocenters. The number of benzene rings is 2. The summed E-state index contributed by atoms with van der Waals surface area (Å²) in [5.41, 5.74) is 3.06. The molecule has 1 saturated carbocycles. The molecule has 0 bridgehead atoms. The maximum atomic E-state index is 14.0. The molecule has 0 amide bonds. The molecule has 0 aromatic heterocycles. The number of halogens is 2. The SMILES string of the molecule is Cc1ccc(C(Nc2ccc(Br)cc2F)C2CC2)cc1. The Kier molecular flexibility index (Phi) is 3.79. The zero-order chi connectivity index (χ0) is 14.1. The maximum Gasteiger partial charge on any atom is 0.147 e. The summed E-state index contributed by atoms with van der Waals surface area (Å²) in [4.78, 5) is 0. The van der Waals surface area contributed by atoms with Crippen molar-refractivity contribution in [3.05, 3.63) is 63.9 Å². The Hall–Kier alpha value is -1.35. The number of hydrogen-bond acceptors (Lipinski definition) is 1. The van der Waals surface area contributed by atoms with E-state index in [4.69, 9.17) is 0 Å². The van der Waals surface area contributed by atoms with Crippen molar-refractivity contribution in [3.8, 4) is 0 Å². The smallest absolute Gasteiger partial charge is 0.147 e. The van der Waals surface area contributed by atoms with Crippen LogP contribution in [0.3, 0.4) is 0 Å². The van der Waals surface area contributed by atoms with E-state index in [2.05, 4.69) is 52.4 Å². The lowest BCUT2D eigenvalue weighted by Crippen LogP contribution is -2.13. The topological polar surface area (TPSA) is 12.0 Å². The second-order valence-electron chi connectivity index (χ2n) is 5.49. The van der Waals surface area contributed by atoms with Crippen LogP contribution in [0.4, 0.5) is 10.1 Å². The summed E-state index contributed by atoms with van der Waals surface area (Å²) in [6.07, 6.45) is 2.42. The molecule has 104 valence electrons.